The zero-order chi connectivity index (χ0) is 15.6. The molecule has 0 bridgehead atoms. The van der Waals surface area contributed by atoms with Gasteiger partial charge in [-0.05, 0) is 13.0 Å². The van der Waals surface area contributed by atoms with Crippen molar-refractivity contribution in [1.82, 2.24) is 4.98 Å². The zero-order valence-corrected chi connectivity index (χ0v) is 11.6. The number of nitrogens with zero attached hydrogens (tertiary/aromatic N) is 2. The number of ether oxygens (including phenoxy) is 1. The number of aliphatic hydroxyl groups excluding tert-OH is 1. The smallest absolute Gasteiger partial charge is 0.394 e. The second-order valence-electron chi connectivity index (χ2n) is 5.04. The topological polar surface area (TPSA) is 71.6 Å². The molecule has 0 spiro atoms. The predicted octanol–water partition coefficient (Wildman–Crippen LogP) is 1.15. The zero-order valence-electron chi connectivity index (χ0n) is 11.6. The van der Waals surface area contributed by atoms with Crippen LogP contribution >= 0.6 is 0 Å². The number of hydrogen-bond acceptors (Lipinski definition) is 5. The third-order valence-electron chi connectivity index (χ3n) is 3.30. The number of alkyl halides is 3. The first kappa shape index (κ1) is 16.0. The molecule has 0 radical (unpaired) electrons. The molecule has 21 heavy (non-hydrogen) atoms. The maximum atomic E-state index is 12.8. The van der Waals surface area contributed by atoms with Gasteiger partial charge in [0.2, 0.25) is 0 Å². The number of rotatable bonds is 3. The third kappa shape index (κ3) is 3.63. The lowest BCUT2D eigenvalue weighted by atomic mass is 10.1. The van der Waals surface area contributed by atoms with Gasteiger partial charge in [-0.15, -0.1) is 0 Å². The van der Waals surface area contributed by atoms with Crippen LogP contribution in [0.4, 0.5) is 19.0 Å². The minimum atomic E-state index is -4.50. The van der Waals surface area contributed by atoms with Crippen molar-refractivity contribution in [2.45, 2.75) is 31.9 Å². The summed E-state index contributed by atoms with van der Waals surface area (Å²) in [5.41, 5.74) is 5.18. The molecule has 2 heterocycles. The Kier molecular flexibility index (Phi) is 4.70. The Balaban J connectivity index is 2.36. The molecule has 2 rings (SSSR count). The summed E-state index contributed by atoms with van der Waals surface area (Å²) >= 11 is 0. The molecule has 2 unspecified atom stereocenters. The molecule has 0 amide bonds. The molecule has 1 fully saturated rings. The van der Waals surface area contributed by atoms with Crippen LogP contribution in [0.2, 0.25) is 0 Å². The fourth-order valence-corrected chi connectivity index (χ4v) is 2.39. The molecular formula is C13H18F3N3O2. The van der Waals surface area contributed by atoms with E-state index in [1.54, 1.807) is 11.8 Å². The van der Waals surface area contributed by atoms with Crippen LogP contribution in [0, 0.1) is 0 Å². The van der Waals surface area contributed by atoms with Gasteiger partial charge in [-0.1, -0.05) is 6.07 Å². The van der Waals surface area contributed by atoms with E-state index in [9.17, 15) is 18.3 Å². The van der Waals surface area contributed by atoms with E-state index in [1.165, 1.54) is 6.07 Å². The van der Waals surface area contributed by atoms with Crippen LogP contribution in [0.1, 0.15) is 18.2 Å². The molecule has 0 aromatic carbocycles. The maximum Gasteiger partial charge on any atom is 0.433 e. The van der Waals surface area contributed by atoms with Crippen LogP contribution in [0.25, 0.3) is 0 Å². The molecule has 8 heteroatoms. The highest BCUT2D eigenvalue weighted by Crippen LogP contribution is 2.31. The van der Waals surface area contributed by atoms with Crippen LogP contribution in [-0.4, -0.2) is 42.0 Å². The summed E-state index contributed by atoms with van der Waals surface area (Å²) in [6.45, 7) is 2.37. The minimum Gasteiger partial charge on any atom is -0.394 e. The molecule has 1 aliphatic heterocycles. The van der Waals surface area contributed by atoms with E-state index in [1.807, 2.05) is 0 Å². The van der Waals surface area contributed by atoms with Crippen molar-refractivity contribution in [1.29, 1.82) is 0 Å². The summed E-state index contributed by atoms with van der Waals surface area (Å²) in [6.07, 6.45) is -5.16. The van der Waals surface area contributed by atoms with Crippen molar-refractivity contribution in [3.63, 3.8) is 0 Å². The van der Waals surface area contributed by atoms with Gasteiger partial charge >= 0.3 is 6.18 Å². The standard InChI is InChI=1S/C13H18F3N3O2/c1-8-5-19(6-10(7-20)21-8)12-9(4-17)2-3-11(18-12)13(14,15)16/h2-3,8,10,20H,4-7,17H2,1H3. The number of pyridine rings is 1. The van der Waals surface area contributed by atoms with Gasteiger partial charge in [-0.25, -0.2) is 4.98 Å². The van der Waals surface area contributed by atoms with Gasteiger partial charge < -0.3 is 20.5 Å². The molecule has 2 atom stereocenters. The summed E-state index contributed by atoms with van der Waals surface area (Å²) in [6, 6.07) is 2.28. The molecular weight excluding hydrogens is 287 g/mol. The second-order valence-corrected chi connectivity index (χ2v) is 5.04. The molecule has 5 nitrogen and oxygen atoms in total. The number of aromatic nitrogens is 1. The Bertz CT molecular complexity index is 496. The summed E-state index contributed by atoms with van der Waals surface area (Å²) in [7, 11) is 0. The predicted molar refractivity (Wildman–Crippen MR) is 70.8 cm³/mol. The number of hydrogen-bond donors (Lipinski definition) is 2. The van der Waals surface area contributed by atoms with Crippen LogP contribution in [0.15, 0.2) is 12.1 Å². The lowest BCUT2D eigenvalue weighted by molar-refractivity contribution is -0.141. The van der Waals surface area contributed by atoms with Gasteiger partial charge in [0.15, 0.2) is 0 Å². The molecule has 3 N–H and O–H groups in total. The first-order valence-electron chi connectivity index (χ1n) is 6.63. The maximum absolute atomic E-state index is 12.8. The first-order valence-corrected chi connectivity index (χ1v) is 6.63. The van der Waals surface area contributed by atoms with Gasteiger partial charge in [-0.3, -0.25) is 0 Å². The number of morpholine rings is 1. The van der Waals surface area contributed by atoms with Gasteiger partial charge in [0.05, 0.1) is 18.8 Å². The van der Waals surface area contributed by atoms with Gasteiger partial charge in [-0.2, -0.15) is 13.2 Å². The Labute approximate surface area is 120 Å². The number of aliphatic hydroxyl groups is 1. The largest absolute Gasteiger partial charge is 0.433 e. The van der Waals surface area contributed by atoms with E-state index in [0.29, 0.717) is 12.1 Å². The average Bonchev–Trinajstić information content (AvgIpc) is 2.44. The van der Waals surface area contributed by atoms with Crippen molar-refractivity contribution in [2.24, 2.45) is 5.73 Å². The van der Waals surface area contributed by atoms with Crippen molar-refractivity contribution in [3.8, 4) is 0 Å². The summed E-state index contributed by atoms with van der Waals surface area (Å²) in [4.78, 5) is 5.41. The van der Waals surface area contributed by atoms with Gasteiger partial charge in [0.1, 0.15) is 11.5 Å². The quantitative estimate of drug-likeness (QED) is 0.876. The third-order valence-corrected chi connectivity index (χ3v) is 3.30. The van der Waals surface area contributed by atoms with E-state index < -0.39 is 18.0 Å². The summed E-state index contributed by atoms with van der Waals surface area (Å²) < 4.78 is 43.9. The van der Waals surface area contributed by atoms with Crippen LogP contribution in [-0.2, 0) is 17.5 Å². The van der Waals surface area contributed by atoms with E-state index in [-0.39, 0.29) is 31.6 Å². The van der Waals surface area contributed by atoms with Crippen molar-refractivity contribution in [2.75, 3.05) is 24.6 Å². The van der Waals surface area contributed by atoms with Crippen LogP contribution in [0.5, 0.6) is 0 Å². The Morgan fingerprint density at radius 3 is 2.71 bits per heavy atom. The summed E-state index contributed by atoms with van der Waals surface area (Å²) in [5, 5.41) is 9.21. The second kappa shape index (κ2) is 6.17. The van der Waals surface area contributed by atoms with E-state index >= 15 is 0 Å². The molecule has 1 aliphatic rings. The van der Waals surface area contributed by atoms with Crippen molar-refractivity contribution >= 4 is 5.82 Å². The van der Waals surface area contributed by atoms with Crippen molar-refractivity contribution in [3.05, 3.63) is 23.4 Å². The molecule has 1 aromatic heterocycles. The van der Waals surface area contributed by atoms with Crippen LogP contribution in [0.3, 0.4) is 0 Å². The minimum absolute atomic E-state index is 0.0933. The van der Waals surface area contributed by atoms with Crippen molar-refractivity contribution < 1.29 is 23.0 Å². The molecule has 0 saturated carbocycles. The first-order chi connectivity index (χ1) is 9.85. The normalized spacial score (nSPS) is 23.4. The molecule has 118 valence electrons. The Morgan fingerprint density at radius 2 is 2.14 bits per heavy atom. The highest BCUT2D eigenvalue weighted by molar-refractivity contribution is 5.49. The fraction of sp³-hybridized carbons (Fsp3) is 0.615. The Hall–Kier alpha value is -1.38. The SMILES string of the molecule is CC1CN(c2nc(C(F)(F)F)ccc2CN)CC(CO)O1. The number of anilines is 1. The van der Waals surface area contributed by atoms with Gasteiger partial charge in [0, 0.05) is 25.2 Å². The lowest BCUT2D eigenvalue weighted by Crippen LogP contribution is -2.48. The lowest BCUT2D eigenvalue weighted by Gasteiger charge is -2.37. The average molecular weight is 305 g/mol. The molecule has 1 saturated heterocycles. The van der Waals surface area contributed by atoms with Gasteiger partial charge in [0.25, 0.3) is 0 Å². The highest BCUT2D eigenvalue weighted by Gasteiger charge is 2.34. The Morgan fingerprint density at radius 1 is 1.43 bits per heavy atom. The number of nitrogens with two attached hydrogens (primary N) is 1. The molecule has 1 aromatic rings. The van der Waals surface area contributed by atoms with Crippen LogP contribution < -0.4 is 10.6 Å². The van der Waals surface area contributed by atoms with E-state index in [2.05, 4.69) is 4.98 Å². The fourth-order valence-electron chi connectivity index (χ4n) is 2.39. The van der Waals surface area contributed by atoms with E-state index in [0.717, 1.165) is 6.07 Å². The molecule has 0 aliphatic carbocycles. The highest BCUT2D eigenvalue weighted by atomic mass is 19.4. The number of halogens is 3. The monoisotopic (exact) mass is 305 g/mol. The van der Waals surface area contributed by atoms with E-state index in [4.69, 9.17) is 10.5 Å². The summed E-state index contributed by atoms with van der Waals surface area (Å²) in [5.74, 6) is 0.209.